The molecule has 4 rings (SSSR count). The number of hydrogen-bond donors (Lipinski definition) is 1. The van der Waals surface area contributed by atoms with E-state index < -0.39 is 15.9 Å². The molecule has 1 aromatic heterocycles. The highest BCUT2D eigenvalue weighted by Gasteiger charge is 2.33. The molecule has 0 spiro atoms. The third kappa shape index (κ3) is 4.29. The Hall–Kier alpha value is -1.77. The minimum Gasteiger partial charge on any atom is -0.300 e. The van der Waals surface area contributed by atoms with Crippen molar-refractivity contribution < 1.29 is 13.2 Å². The Morgan fingerprint density at radius 2 is 1.96 bits per heavy atom. The van der Waals surface area contributed by atoms with Gasteiger partial charge < -0.3 is 5.32 Å². The molecule has 2 aromatic rings. The van der Waals surface area contributed by atoms with Crippen LogP contribution >= 0.6 is 11.3 Å². The largest absolute Gasteiger partial charge is 0.300 e. The lowest BCUT2D eigenvalue weighted by atomic mass is 9.93. The number of carbonyl (C=O) groups excluding carboxylic acids is 1. The molecule has 1 aromatic carbocycles. The van der Waals surface area contributed by atoms with Crippen LogP contribution < -0.4 is 5.32 Å². The molecule has 2 heterocycles. The van der Waals surface area contributed by atoms with Gasteiger partial charge in [0.2, 0.25) is 5.91 Å². The molecular formula is C20H25N3O3S2. The van der Waals surface area contributed by atoms with Gasteiger partial charge in [-0.3, -0.25) is 9.69 Å². The molecule has 1 aliphatic heterocycles. The summed E-state index contributed by atoms with van der Waals surface area (Å²) in [6.45, 7) is 2.97. The van der Waals surface area contributed by atoms with E-state index in [1.807, 2.05) is 35.2 Å². The van der Waals surface area contributed by atoms with E-state index in [4.69, 9.17) is 0 Å². The Kier molecular flexibility index (Phi) is 5.53. The topological polar surface area (TPSA) is 79.4 Å². The van der Waals surface area contributed by atoms with Crippen molar-refractivity contribution in [2.24, 2.45) is 5.92 Å². The maximum Gasteiger partial charge on any atom is 0.248 e. The van der Waals surface area contributed by atoms with Gasteiger partial charge in [-0.1, -0.05) is 37.3 Å². The van der Waals surface area contributed by atoms with Gasteiger partial charge in [0.25, 0.3) is 0 Å². The summed E-state index contributed by atoms with van der Waals surface area (Å²) in [5.74, 6) is 0.689. The van der Waals surface area contributed by atoms with Crippen LogP contribution in [0.25, 0.3) is 0 Å². The van der Waals surface area contributed by atoms with Crippen LogP contribution in [0.5, 0.6) is 0 Å². The number of carbonyl (C=O) groups is 1. The van der Waals surface area contributed by atoms with Crippen molar-refractivity contribution in [1.82, 2.24) is 9.88 Å². The Balaban J connectivity index is 1.55. The maximum atomic E-state index is 13.2. The SMILES string of the molecule is CC1CCc2nc(NC(=O)C(c3ccccc3)N3CCS(=O)(=O)CC3)sc2C1. The second-order valence-electron chi connectivity index (χ2n) is 7.73. The van der Waals surface area contributed by atoms with Crippen LogP contribution in [0.1, 0.15) is 35.5 Å². The third-order valence-electron chi connectivity index (χ3n) is 5.52. The normalized spacial score (nSPS) is 23.0. The lowest BCUT2D eigenvalue weighted by Gasteiger charge is -2.33. The van der Waals surface area contributed by atoms with E-state index in [1.54, 1.807) is 11.3 Å². The van der Waals surface area contributed by atoms with Crippen molar-refractivity contribution in [1.29, 1.82) is 0 Å². The number of rotatable bonds is 4. The fourth-order valence-electron chi connectivity index (χ4n) is 3.92. The minimum absolute atomic E-state index is 0.0903. The molecule has 1 N–H and O–H groups in total. The number of fused-ring (bicyclic) bond motifs is 1. The number of thiazole rings is 1. The maximum absolute atomic E-state index is 13.2. The Morgan fingerprint density at radius 3 is 2.68 bits per heavy atom. The number of sulfone groups is 1. The Bertz CT molecular complexity index is 942. The Labute approximate surface area is 169 Å². The molecule has 1 aliphatic carbocycles. The average molecular weight is 420 g/mol. The molecule has 0 saturated carbocycles. The molecule has 1 saturated heterocycles. The fourth-order valence-corrected chi connectivity index (χ4v) is 6.32. The first kappa shape index (κ1) is 19.5. The van der Waals surface area contributed by atoms with Crippen molar-refractivity contribution in [2.45, 2.75) is 32.2 Å². The molecule has 1 amide bonds. The minimum atomic E-state index is -3.01. The molecule has 2 unspecified atom stereocenters. The van der Waals surface area contributed by atoms with Gasteiger partial charge in [0.05, 0.1) is 17.2 Å². The van der Waals surface area contributed by atoms with Crippen LogP contribution in [0.4, 0.5) is 5.13 Å². The summed E-state index contributed by atoms with van der Waals surface area (Å²) in [5.41, 5.74) is 1.98. The van der Waals surface area contributed by atoms with Crippen molar-refractivity contribution in [3.63, 3.8) is 0 Å². The number of anilines is 1. The van der Waals surface area contributed by atoms with Gasteiger partial charge in [-0.05, 0) is 30.7 Å². The molecule has 150 valence electrons. The van der Waals surface area contributed by atoms with Crippen molar-refractivity contribution in [2.75, 3.05) is 29.9 Å². The number of nitrogens with zero attached hydrogens (tertiary/aromatic N) is 2. The molecule has 2 atom stereocenters. The van der Waals surface area contributed by atoms with Crippen LogP contribution in [0.3, 0.4) is 0 Å². The number of nitrogens with one attached hydrogen (secondary N) is 1. The number of hydrogen-bond acceptors (Lipinski definition) is 6. The average Bonchev–Trinajstić information content (AvgIpc) is 3.05. The number of aromatic nitrogens is 1. The fraction of sp³-hybridized carbons (Fsp3) is 0.500. The smallest absolute Gasteiger partial charge is 0.248 e. The van der Waals surface area contributed by atoms with Gasteiger partial charge in [0.1, 0.15) is 6.04 Å². The van der Waals surface area contributed by atoms with Crippen molar-refractivity contribution in [3.8, 4) is 0 Å². The van der Waals surface area contributed by atoms with E-state index in [0.717, 1.165) is 30.5 Å². The molecule has 2 aliphatic rings. The predicted molar refractivity (Wildman–Crippen MR) is 111 cm³/mol. The molecular weight excluding hydrogens is 394 g/mol. The van der Waals surface area contributed by atoms with E-state index in [2.05, 4.69) is 17.2 Å². The van der Waals surface area contributed by atoms with Crippen molar-refractivity contribution >= 4 is 32.2 Å². The van der Waals surface area contributed by atoms with Crippen LogP contribution in [0.15, 0.2) is 30.3 Å². The molecule has 28 heavy (non-hydrogen) atoms. The second-order valence-corrected chi connectivity index (χ2v) is 11.1. The highest BCUT2D eigenvalue weighted by atomic mass is 32.2. The summed E-state index contributed by atoms with van der Waals surface area (Å²) in [4.78, 5) is 21.1. The number of benzene rings is 1. The summed E-state index contributed by atoms with van der Waals surface area (Å²) in [7, 11) is -3.01. The summed E-state index contributed by atoms with van der Waals surface area (Å²) in [6, 6.07) is 9.04. The van der Waals surface area contributed by atoms with Crippen LogP contribution in [0.2, 0.25) is 0 Å². The van der Waals surface area contributed by atoms with Crippen LogP contribution in [-0.2, 0) is 27.5 Å². The molecule has 0 radical (unpaired) electrons. The zero-order valence-corrected chi connectivity index (χ0v) is 17.6. The standard InChI is InChI=1S/C20H25N3O3S2/c1-14-7-8-16-17(13-14)27-20(21-16)22-19(24)18(15-5-3-2-4-6-15)23-9-11-28(25,26)12-10-23/h2-6,14,18H,7-13H2,1H3,(H,21,22,24). The summed E-state index contributed by atoms with van der Waals surface area (Å²) >= 11 is 1.57. The quantitative estimate of drug-likeness (QED) is 0.824. The highest BCUT2D eigenvalue weighted by molar-refractivity contribution is 7.91. The van der Waals surface area contributed by atoms with E-state index in [0.29, 0.717) is 24.1 Å². The molecule has 0 bridgehead atoms. The van der Waals surface area contributed by atoms with Gasteiger partial charge in [-0.15, -0.1) is 11.3 Å². The first-order valence-corrected chi connectivity index (χ1v) is 12.3. The van der Waals surface area contributed by atoms with Gasteiger partial charge >= 0.3 is 0 Å². The first-order valence-electron chi connectivity index (χ1n) is 9.70. The van der Waals surface area contributed by atoms with Crippen molar-refractivity contribution in [3.05, 3.63) is 46.5 Å². The third-order valence-corrected chi connectivity index (χ3v) is 8.17. The number of amides is 1. The first-order chi connectivity index (χ1) is 13.4. The zero-order valence-electron chi connectivity index (χ0n) is 15.9. The highest BCUT2D eigenvalue weighted by Crippen LogP contribution is 2.33. The lowest BCUT2D eigenvalue weighted by Crippen LogP contribution is -2.46. The van der Waals surface area contributed by atoms with Gasteiger partial charge in [-0.25, -0.2) is 13.4 Å². The predicted octanol–water partition coefficient (Wildman–Crippen LogP) is 2.68. The number of aryl methyl sites for hydroxylation is 1. The monoisotopic (exact) mass is 419 g/mol. The van der Waals surface area contributed by atoms with E-state index >= 15 is 0 Å². The second kappa shape index (κ2) is 7.93. The summed E-state index contributed by atoms with van der Waals surface area (Å²) in [5, 5.41) is 3.66. The van der Waals surface area contributed by atoms with Crippen LogP contribution in [0, 0.1) is 5.92 Å². The lowest BCUT2D eigenvalue weighted by molar-refractivity contribution is -0.121. The summed E-state index contributed by atoms with van der Waals surface area (Å²) < 4.78 is 23.6. The zero-order chi connectivity index (χ0) is 19.7. The van der Waals surface area contributed by atoms with Crippen LogP contribution in [-0.4, -0.2) is 48.8 Å². The van der Waals surface area contributed by atoms with E-state index in [-0.39, 0.29) is 17.4 Å². The van der Waals surface area contributed by atoms with E-state index in [1.165, 1.54) is 4.88 Å². The van der Waals surface area contributed by atoms with Gasteiger partial charge in [0.15, 0.2) is 15.0 Å². The Morgan fingerprint density at radius 1 is 1.25 bits per heavy atom. The van der Waals surface area contributed by atoms with E-state index in [9.17, 15) is 13.2 Å². The molecule has 6 nitrogen and oxygen atoms in total. The summed E-state index contributed by atoms with van der Waals surface area (Å²) in [6.07, 6.45) is 3.13. The van der Waals surface area contributed by atoms with Gasteiger partial charge in [0, 0.05) is 18.0 Å². The molecule has 8 heteroatoms. The van der Waals surface area contributed by atoms with Gasteiger partial charge in [-0.2, -0.15) is 0 Å². The molecule has 1 fully saturated rings.